The highest BCUT2D eigenvalue weighted by atomic mass is 32.2. The van der Waals surface area contributed by atoms with Gasteiger partial charge in [0.25, 0.3) is 0 Å². The molecule has 0 spiro atoms. The summed E-state index contributed by atoms with van der Waals surface area (Å²) in [6.07, 6.45) is 0. The number of aryl methyl sites for hydroxylation is 2. The highest BCUT2D eigenvalue weighted by Gasteiger charge is 2.37. The van der Waals surface area contributed by atoms with Gasteiger partial charge < -0.3 is 9.42 Å². The van der Waals surface area contributed by atoms with Crippen LogP contribution in [0.3, 0.4) is 0 Å². The van der Waals surface area contributed by atoms with Gasteiger partial charge in [0.2, 0.25) is 10.0 Å². The normalized spacial score (nSPS) is 21.2. The number of likely N-dealkylation sites (tertiary alicyclic amines) is 1. The first-order valence-corrected chi connectivity index (χ1v) is 10.6. The molecule has 3 rings (SSSR count). The summed E-state index contributed by atoms with van der Waals surface area (Å²) in [4.78, 5) is 4.57. The Kier molecular flexibility index (Phi) is 6.00. The zero-order valence-electron chi connectivity index (χ0n) is 16.3. The van der Waals surface area contributed by atoms with Gasteiger partial charge in [-0.15, -0.1) is 0 Å². The second-order valence-corrected chi connectivity index (χ2v) is 9.23. The van der Waals surface area contributed by atoms with Gasteiger partial charge in [-0.3, -0.25) is 4.90 Å². The Morgan fingerprint density at radius 3 is 2.52 bits per heavy atom. The average molecular weight is 393 g/mol. The highest BCUT2D eigenvalue weighted by Crippen LogP contribution is 2.24. The second-order valence-electron chi connectivity index (χ2n) is 7.58. The van der Waals surface area contributed by atoms with Crippen LogP contribution < -0.4 is 4.72 Å². The lowest BCUT2D eigenvalue weighted by Gasteiger charge is -2.22. The largest absolute Gasteiger partial charge is 0.360 e. The summed E-state index contributed by atoms with van der Waals surface area (Å²) in [7, 11) is 0.349. The van der Waals surface area contributed by atoms with Crippen LogP contribution in [0.2, 0.25) is 0 Å². The van der Waals surface area contributed by atoms with E-state index in [1.807, 2.05) is 32.3 Å². The van der Waals surface area contributed by atoms with Crippen molar-refractivity contribution in [1.82, 2.24) is 19.7 Å². The Bertz CT molecular complexity index is 845. The molecule has 1 fully saturated rings. The van der Waals surface area contributed by atoms with Crippen LogP contribution in [0.25, 0.3) is 0 Å². The quantitative estimate of drug-likeness (QED) is 0.772. The third-order valence-electron chi connectivity index (χ3n) is 4.91. The Morgan fingerprint density at radius 1 is 1.22 bits per heavy atom. The number of aromatic nitrogens is 1. The highest BCUT2D eigenvalue weighted by molar-refractivity contribution is 7.89. The fourth-order valence-electron chi connectivity index (χ4n) is 3.84. The van der Waals surface area contributed by atoms with E-state index in [2.05, 4.69) is 31.8 Å². The van der Waals surface area contributed by atoms with Gasteiger partial charge in [-0.2, -0.15) is 0 Å². The van der Waals surface area contributed by atoms with Crippen LogP contribution in [-0.4, -0.2) is 63.1 Å². The van der Waals surface area contributed by atoms with Crippen molar-refractivity contribution in [3.05, 3.63) is 47.3 Å². The summed E-state index contributed by atoms with van der Waals surface area (Å²) in [6, 6.07) is 10.1. The molecule has 2 atom stereocenters. The maximum Gasteiger partial charge on any atom is 0.246 e. The number of hydrogen-bond donors (Lipinski definition) is 1. The van der Waals surface area contributed by atoms with Crippen molar-refractivity contribution in [3.63, 3.8) is 0 Å². The van der Waals surface area contributed by atoms with E-state index in [1.165, 1.54) is 5.56 Å². The summed E-state index contributed by atoms with van der Waals surface area (Å²) in [5.41, 5.74) is 1.62. The predicted octanol–water partition coefficient (Wildman–Crippen LogP) is 1.63. The predicted molar refractivity (Wildman–Crippen MR) is 104 cm³/mol. The first-order chi connectivity index (χ1) is 12.8. The van der Waals surface area contributed by atoms with Crippen molar-refractivity contribution in [3.8, 4) is 0 Å². The third-order valence-corrected chi connectivity index (χ3v) is 6.64. The molecule has 7 nitrogen and oxygen atoms in total. The summed E-state index contributed by atoms with van der Waals surface area (Å²) in [6.45, 7) is 6.44. The lowest BCUT2D eigenvalue weighted by molar-refractivity contribution is 0.283. The number of sulfonamides is 1. The fourth-order valence-corrected chi connectivity index (χ4v) is 5.46. The molecule has 2 aromatic rings. The summed E-state index contributed by atoms with van der Waals surface area (Å²) in [5.74, 6) is 0.530. The van der Waals surface area contributed by atoms with Crippen molar-refractivity contribution in [2.75, 3.05) is 33.7 Å². The van der Waals surface area contributed by atoms with Crippen molar-refractivity contribution in [1.29, 1.82) is 0 Å². The Morgan fingerprint density at radius 2 is 1.93 bits per heavy atom. The molecule has 0 unspecified atom stereocenters. The van der Waals surface area contributed by atoms with Crippen molar-refractivity contribution in [2.24, 2.45) is 5.92 Å². The van der Waals surface area contributed by atoms with Gasteiger partial charge in [-0.25, -0.2) is 13.1 Å². The molecule has 27 heavy (non-hydrogen) atoms. The van der Waals surface area contributed by atoms with E-state index in [1.54, 1.807) is 13.8 Å². The molecule has 1 N–H and O–H groups in total. The van der Waals surface area contributed by atoms with Crippen molar-refractivity contribution < 1.29 is 12.9 Å². The molecule has 1 aliphatic heterocycles. The van der Waals surface area contributed by atoms with Gasteiger partial charge in [-0.1, -0.05) is 35.5 Å². The molecular formula is C19H28N4O3S. The maximum atomic E-state index is 12.9. The molecule has 0 saturated carbocycles. The van der Waals surface area contributed by atoms with Crippen LogP contribution in [0.1, 0.15) is 17.0 Å². The number of nitrogens with one attached hydrogen (secondary N) is 1. The monoisotopic (exact) mass is 392 g/mol. The Balaban J connectivity index is 1.77. The summed E-state index contributed by atoms with van der Waals surface area (Å²) in [5, 5.41) is 3.78. The average Bonchev–Trinajstić information content (AvgIpc) is 3.10. The van der Waals surface area contributed by atoms with Gasteiger partial charge >= 0.3 is 0 Å². The molecule has 148 valence electrons. The van der Waals surface area contributed by atoms with Gasteiger partial charge in [0.15, 0.2) is 5.76 Å². The van der Waals surface area contributed by atoms with Crippen LogP contribution in [0, 0.1) is 19.8 Å². The molecule has 0 radical (unpaired) electrons. The van der Waals surface area contributed by atoms with Crippen LogP contribution in [-0.2, 0) is 16.6 Å². The molecule has 1 saturated heterocycles. The van der Waals surface area contributed by atoms with Crippen LogP contribution in [0.5, 0.6) is 0 Å². The lowest BCUT2D eigenvalue weighted by atomic mass is 10.0. The second kappa shape index (κ2) is 8.10. The minimum absolute atomic E-state index is 0.158. The third kappa shape index (κ3) is 4.76. The topological polar surface area (TPSA) is 78.7 Å². The molecule has 0 bridgehead atoms. The Hall–Kier alpha value is -1.74. The van der Waals surface area contributed by atoms with Crippen LogP contribution in [0.15, 0.2) is 39.8 Å². The van der Waals surface area contributed by atoms with E-state index in [-0.39, 0.29) is 16.9 Å². The number of hydrogen-bond acceptors (Lipinski definition) is 6. The van der Waals surface area contributed by atoms with E-state index in [9.17, 15) is 8.42 Å². The van der Waals surface area contributed by atoms with Gasteiger partial charge in [0.1, 0.15) is 10.6 Å². The van der Waals surface area contributed by atoms with Gasteiger partial charge in [0.05, 0.1) is 0 Å². The van der Waals surface area contributed by atoms with Crippen LogP contribution in [0.4, 0.5) is 0 Å². The molecule has 8 heteroatoms. The minimum Gasteiger partial charge on any atom is -0.360 e. The van der Waals surface area contributed by atoms with Crippen molar-refractivity contribution >= 4 is 10.0 Å². The first kappa shape index (κ1) is 20.0. The smallest absolute Gasteiger partial charge is 0.246 e. The fraction of sp³-hybridized carbons (Fsp3) is 0.526. The molecule has 1 aliphatic rings. The number of nitrogens with zero attached hydrogens (tertiary/aromatic N) is 3. The van der Waals surface area contributed by atoms with E-state index in [0.29, 0.717) is 18.0 Å². The van der Waals surface area contributed by atoms with E-state index < -0.39 is 10.0 Å². The molecule has 1 aromatic heterocycles. The van der Waals surface area contributed by atoms with Gasteiger partial charge in [-0.05, 0) is 33.5 Å². The van der Waals surface area contributed by atoms with Crippen molar-refractivity contribution in [2.45, 2.75) is 31.3 Å². The SMILES string of the molecule is Cc1noc(C)c1S(=O)(=O)N[C@@H]1CN(Cc2ccccc2)C[C@H]1CN(C)C. The summed E-state index contributed by atoms with van der Waals surface area (Å²) < 4.78 is 33.9. The molecule has 0 aliphatic carbocycles. The van der Waals surface area contributed by atoms with E-state index in [0.717, 1.165) is 19.6 Å². The zero-order chi connectivity index (χ0) is 19.6. The first-order valence-electron chi connectivity index (χ1n) is 9.12. The van der Waals surface area contributed by atoms with E-state index in [4.69, 9.17) is 4.52 Å². The summed E-state index contributed by atoms with van der Waals surface area (Å²) >= 11 is 0. The number of benzene rings is 1. The van der Waals surface area contributed by atoms with E-state index >= 15 is 0 Å². The zero-order valence-corrected chi connectivity index (χ0v) is 17.2. The maximum absolute atomic E-state index is 12.9. The number of rotatable bonds is 7. The van der Waals surface area contributed by atoms with Crippen LogP contribution >= 0.6 is 0 Å². The molecule has 2 heterocycles. The van der Waals surface area contributed by atoms with Gasteiger partial charge in [0, 0.05) is 38.1 Å². The standard InChI is InChI=1S/C19H28N4O3S/c1-14-19(15(2)26-20-14)27(24,25)21-18-13-23(12-17(18)11-22(3)4)10-16-8-6-5-7-9-16/h5-9,17-18,21H,10-13H2,1-4H3/t17-,18-/m1/s1. The Labute approximate surface area is 161 Å². The minimum atomic E-state index is -3.68. The molecular weight excluding hydrogens is 364 g/mol. The lowest BCUT2D eigenvalue weighted by Crippen LogP contribution is -2.43. The molecule has 1 aromatic carbocycles. The molecule has 0 amide bonds.